The normalized spacial score (nSPS) is 27.7. The molecule has 10 heteroatoms. The van der Waals surface area contributed by atoms with Crippen LogP contribution in [0.15, 0.2) is 136 Å². The Morgan fingerprint density at radius 2 is 1.56 bits per heavy atom. The number of anilines is 2. The van der Waals surface area contributed by atoms with Crippen molar-refractivity contribution in [2.45, 2.75) is 94.6 Å². The van der Waals surface area contributed by atoms with Crippen molar-refractivity contribution in [3.8, 4) is 24.0 Å². The van der Waals surface area contributed by atoms with Gasteiger partial charge in [0, 0.05) is 38.7 Å². The minimum atomic E-state index is -5.06. The molecule has 2 aliphatic heterocycles. The van der Waals surface area contributed by atoms with E-state index in [2.05, 4.69) is 61.2 Å². The highest BCUT2D eigenvalue weighted by atomic mass is 32.2. The van der Waals surface area contributed by atoms with Crippen LogP contribution in [-0.2, 0) is 16.8 Å². The molecule has 0 saturated heterocycles. The molecule has 4 saturated carbocycles. The number of aryl methyl sites for hydroxylation is 1. The largest absolute Gasteiger partial charge is 0.497 e. The van der Waals surface area contributed by atoms with Gasteiger partial charge in [-0.2, -0.15) is 29.0 Å². The average Bonchev–Trinajstić information content (AvgIpc) is 3.61. The Kier molecular flexibility index (Phi) is 11.5. The Balaban J connectivity index is 1.13. The third kappa shape index (κ3) is 7.98. The summed E-state index contributed by atoms with van der Waals surface area (Å²) in [6.07, 6.45) is 15.4. The molecule has 3 aromatic rings. The maximum Gasteiger partial charge on any atom is 0.437 e. The summed E-state index contributed by atoms with van der Waals surface area (Å²) in [5.74, 6) is 2.37. The fourth-order valence-corrected chi connectivity index (χ4v) is 13.8. The highest BCUT2D eigenvalue weighted by Gasteiger charge is 2.65. The topological polar surface area (TPSA) is 93.1 Å². The molecule has 0 aromatic heterocycles. The number of nitriles is 3. The van der Waals surface area contributed by atoms with E-state index in [1.807, 2.05) is 36.0 Å². The molecule has 0 radical (unpaired) electrons. The molecule has 4 fully saturated rings. The number of alkyl halides is 3. The van der Waals surface area contributed by atoms with Crippen molar-refractivity contribution in [1.82, 2.24) is 0 Å². The van der Waals surface area contributed by atoms with E-state index in [-0.39, 0.29) is 15.7 Å². The second-order valence-electron chi connectivity index (χ2n) is 19.3. The van der Waals surface area contributed by atoms with Gasteiger partial charge in [0.2, 0.25) is 0 Å². The van der Waals surface area contributed by atoms with Gasteiger partial charge in [0.25, 0.3) is 5.60 Å². The Bertz CT molecular complexity index is 2620. The highest BCUT2D eigenvalue weighted by molar-refractivity contribution is 8.04. The lowest BCUT2D eigenvalue weighted by molar-refractivity contribution is -0.249. The van der Waals surface area contributed by atoms with Gasteiger partial charge in [-0.05, 0) is 146 Å². The van der Waals surface area contributed by atoms with Crippen LogP contribution in [0.2, 0.25) is 0 Å². The van der Waals surface area contributed by atoms with Gasteiger partial charge in [0.15, 0.2) is 11.3 Å². The molecule has 1 atom stereocenters. The molecular formula is C54H51F3N4O2S. The Hall–Kier alpha value is -5.89. The van der Waals surface area contributed by atoms with E-state index in [4.69, 9.17) is 9.47 Å². The molecule has 0 spiro atoms. The predicted octanol–water partition coefficient (Wildman–Crippen LogP) is 13.7. The van der Waals surface area contributed by atoms with Crippen LogP contribution in [0.1, 0.15) is 88.3 Å². The number of rotatable bonds is 9. The second kappa shape index (κ2) is 16.9. The SMILES string of the molecule is COc1ccc(N2CCCc3cc(/C=C/C4=C(SC56CC7CC(CC(C7)C5)C6)C(=C/C=C/C5=C(C#N)C(=C(C#N)C#N)OC5(c5ccccc5)C(F)(F)F)/CC(C)(C)C4)ccc32)cc1. The molecule has 3 aromatic carbocycles. The monoisotopic (exact) mass is 876 g/mol. The Morgan fingerprint density at radius 1 is 0.875 bits per heavy atom. The van der Waals surface area contributed by atoms with Crippen molar-refractivity contribution in [3.63, 3.8) is 0 Å². The third-order valence-corrected chi connectivity index (χ3v) is 15.8. The van der Waals surface area contributed by atoms with E-state index < -0.39 is 34.3 Å². The van der Waals surface area contributed by atoms with Crippen molar-refractivity contribution in [2.24, 2.45) is 23.2 Å². The summed E-state index contributed by atoms with van der Waals surface area (Å²) < 4.78 is 58.1. The van der Waals surface area contributed by atoms with Crippen LogP contribution in [-0.4, -0.2) is 24.6 Å². The molecule has 5 aliphatic carbocycles. The summed E-state index contributed by atoms with van der Waals surface area (Å²) in [5.41, 5.74) is 1.87. The molecule has 6 nitrogen and oxygen atoms in total. The smallest absolute Gasteiger partial charge is 0.437 e. The Labute approximate surface area is 378 Å². The van der Waals surface area contributed by atoms with Gasteiger partial charge in [0.05, 0.1) is 7.11 Å². The number of fused-ring (bicyclic) bond motifs is 1. The quantitative estimate of drug-likeness (QED) is 0.198. The first-order valence-corrected chi connectivity index (χ1v) is 23.1. The molecule has 0 amide bonds. The van der Waals surface area contributed by atoms with Gasteiger partial charge in [-0.3, -0.25) is 0 Å². The van der Waals surface area contributed by atoms with Gasteiger partial charge in [-0.25, -0.2) is 0 Å². The van der Waals surface area contributed by atoms with Crippen LogP contribution >= 0.6 is 11.8 Å². The first-order valence-electron chi connectivity index (χ1n) is 22.3. The van der Waals surface area contributed by atoms with E-state index >= 15 is 13.2 Å². The van der Waals surface area contributed by atoms with Gasteiger partial charge in [-0.1, -0.05) is 80.6 Å². The zero-order valence-corrected chi connectivity index (χ0v) is 37.3. The highest BCUT2D eigenvalue weighted by Crippen LogP contribution is 2.64. The number of hydrogen-bond acceptors (Lipinski definition) is 7. The lowest BCUT2D eigenvalue weighted by atomic mass is 9.56. The van der Waals surface area contributed by atoms with Crippen LogP contribution in [0.4, 0.5) is 24.5 Å². The number of benzene rings is 3. The van der Waals surface area contributed by atoms with E-state index in [0.717, 1.165) is 66.1 Å². The van der Waals surface area contributed by atoms with Crippen molar-refractivity contribution >= 4 is 29.2 Å². The maximum absolute atomic E-state index is 15.6. The van der Waals surface area contributed by atoms with E-state index in [1.54, 1.807) is 31.4 Å². The number of thioether (sulfide) groups is 1. The summed E-state index contributed by atoms with van der Waals surface area (Å²) in [5, 5.41) is 29.9. The van der Waals surface area contributed by atoms with E-state index in [1.165, 1.54) is 90.6 Å². The fourth-order valence-electron chi connectivity index (χ4n) is 11.9. The van der Waals surface area contributed by atoms with E-state index in [0.29, 0.717) is 6.42 Å². The number of nitrogens with zero attached hydrogens (tertiary/aromatic N) is 4. The molecule has 7 aliphatic rings. The van der Waals surface area contributed by atoms with Gasteiger partial charge >= 0.3 is 6.18 Å². The molecular weight excluding hydrogens is 826 g/mol. The summed E-state index contributed by atoms with van der Waals surface area (Å²) >= 11 is 2.01. The summed E-state index contributed by atoms with van der Waals surface area (Å²) in [6, 6.07) is 27.2. The van der Waals surface area contributed by atoms with Crippen molar-refractivity contribution in [2.75, 3.05) is 18.6 Å². The molecule has 4 bridgehead atoms. The average molecular weight is 877 g/mol. The lowest BCUT2D eigenvalue weighted by Crippen LogP contribution is -2.48. The van der Waals surface area contributed by atoms with Crippen LogP contribution in [0.25, 0.3) is 6.08 Å². The minimum absolute atomic E-state index is 0.115. The molecule has 0 N–H and O–H groups in total. The van der Waals surface area contributed by atoms with Crippen molar-refractivity contribution < 1.29 is 22.6 Å². The third-order valence-electron chi connectivity index (χ3n) is 14.1. The first-order chi connectivity index (χ1) is 30.8. The molecule has 10 rings (SSSR count). The minimum Gasteiger partial charge on any atom is -0.497 e. The van der Waals surface area contributed by atoms with E-state index in [9.17, 15) is 15.8 Å². The summed E-state index contributed by atoms with van der Waals surface area (Å²) in [6.45, 7) is 5.42. The van der Waals surface area contributed by atoms with Crippen molar-refractivity contribution in [1.29, 1.82) is 15.8 Å². The molecule has 2 heterocycles. The van der Waals surface area contributed by atoms with Crippen LogP contribution in [0.5, 0.6) is 5.75 Å². The number of methoxy groups -OCH3 is 1. The molecule has 326 valence electrons. The zero-order chi connectivity index (χ0) is 44.9. The first kappa shape index (κ1) is 43.4. The summed E-state index contributed by atoms with van der Waals surface area (Å²) in [4.78, 5) is 3.57. The standard InChI is InChI=1S/C54H51F3N4O2S/c1-51(2)30-40(9-7-13-47-46(34-60)49(42(32-58)33-59)63-53(47,54(55,56)57)43-11-5-4-6-12-43)50(64-52-27-36-23-37(28-52)25-38(24-36)29-52)41(31-51)16-14-35-15-21-48-39(26-35)10-8-22-61(48)44-17-19-45(62-3)20-18-44/h4-7,9,11-21,26,36-38H,8,10,22-25,27-31H2,1-3H3/b13-7+,16-14+,40-9+. The van der Waals surface area contributed by atoms with Gasteiger partial charge < -0.3 is 14.4 Å². The number of hydrogen-bond donors (Lipinski definition) is 0. The van der Waals surface area contributed by atoms with Crippen LogP contribution in [0.3, 0.4) is 0 Å². The lowest BCUT2D eigenvalue weighted by Gasteiger charge is -2.57. The Morgan fingerprint density at radius 3 is 2.19 bits per heavy atom. The van der Waals surface area contributed by atoms with Crippen LogP contribution in [0, 0.1) is 57.2 Å². The number of allylic oxidation sites excluding steroid dienone is 7. The number of ether oxygens (including phenoxy) is 2. The van der Waals surface area contributed by atoms with Crippen LogP contribution < -0.4 is 9.64 Å². The van der Waals surface area contributed by atoms with Gasteiger partial charge in [-0.15, -0.1) is 11.8 Å². The van der Waals surface area contributed by atoms with Crippen molar-refractivity contribution in [3.05, 3.63) is 152 Å². The number of halogens is 3. The summed E-state index contributed by atoms with van der Waals surface area (Å²) in [7, 11) is 1.68. The molecule has 64 heavy (non-hydrogen) atoms. The second-order valence-corrected chi connectivity index (χ2v) is 20.8. The zero-order valence-electron chi connectivity index (χ0n) is 36.5. The molecule has 1 unspecified atom stereocenters. The predicted molar refractivity (Wildman–Crippen MR) is 246 cm³/mol. The maximum atomic E-state index is 15.6. The fraction of sp³-hybridized carbons (Fsp3) is 0.389. The van der Waals surface area contributed by atoms with Gasteiger partial charge in [0.1, 0.15) is 29.5 Å².